The highest BCUT2D eigenvalue weighted by Gasteiger charge is 2.40. The van der Waals surface area contributed by atoms with Crippen LogP contribution in [0.4, 0.5) is 0 Å². The lowest BCUT2D eigenvalue weighted by Gasteiger charge is -2.21. The van der Waals surface area contributed by atoms with Crippen molar-refractivity contribution >= 4 is 5.78 Å². The number of carbonyl (C=O) groups is 1. The van der Waals surface area contributed by atoms with Gasteiger partial charge in [0.2, 0.25) is 0 Å². The van der Waals surface area contributed by atoms with Crippen LogP contribution in [0.3, 0.4) is 0 Å². The molecule has 1 unspecified atom stereocenters. The molecule has 3 heteroatoms. The molecule has 0 N–H and O–H groups in total. The standard InChI is InChI=1S/C14H21NO2/c1-14(2)6-4-12(13(14)16)9-15(3)8-11-5-7-17-10-11/h5,7,10,12H,4,6,8-9H2,1-3H3. The molecule has 94 valence electrons. The van der Waals surface area contributed by atoms with Crippen molar-refractivity contribution in [2.24, 2.45) is 11.3 Å². The van der Waals surface area contributed by atoms with Crippen LogP contribution in [-0.4, -0.2) is 24.3 Å². The molecule has 0 aliphatic heterocycles. The molecule has 1 heterocycles. The summed E-state index contributed by atoms with van der Waals surface area (Å²) in [6, 6.07) is 1.97. The lowest BCUT2D eigenvalue weighted by Crippen LogP contribution is -2.31. The van der Waals surface area contributed by atoms with Crippen LogP contribution in [0.15, 0.2) is 23.0 Å². The maximum absolute atomic E-state index is 12.1. The van der Waals surface area contributed by atoms with Gasteiger partial charge in [0.15, 0.2) is 0 Å². The number of Topliss-reactive ketones (excluding diaryl/α,β-unsaturated/α-hetero) is 1. The van der Waals surface area contributed by atoms with E-state index in [0.717, 1.165) is 31.5 Å². The lowest BCUT2D eigenvalue weighted by atomic mass is 9.89. The Balaban J connectivity index is 1.87. The summed E-state index contributed by atoms with van der Waals surface area (Å²) in [5.74, 6) is 0.637. The van der Waals surface area contributed by atoms with E-state index in [1.165, 1.54) is 0 Å². The van der Waals surface area contributed by atoms with Gasteiger partial charge in [-0.05, 0) is 26.0 Å². The lowest BCUT2D eigenvalue weighted by molar-refractivity contribution is -0.127. The molecule has 17 heavy (non-hydrogen) atoms. The normalized spacial score (nSPS) is 23.5. The highest BCUT2D eigenvalue weighted by atomic mass is 16.3. The van der Waals surface area contributed by atoms with Crippen molar-refractivity contribution in [3.05, 3.63) is 24.2 Å². The van der Waals surface area contributed by atoms with Gasteiger partial charge in [0.1, 0.15) is 5.78 Å². The van der Waals surface area contributed by atoms with Crippen LogP contribution in [0.25, 0.3) is 0 Å². The summed E-state index contributed by atoms with van der Waals surface area (Å²) in [7, 11) is 2.06. The van der Waals surface area contributed by atoms with Crippen molar-refractivity contribution < 1.29 is 9.21 Å². The summed E-state index contributed by atoms with van der Waals surface area (Å²) in [5, 5.41) is 0. The van der Waals surface area contributed by atoms with E-state index in [9.17, 15) is 4.79 Å². The largest absolute Gasteiger partial charge is 0.472 e. The smallest absolute Gasteiger partial charge is 0.142 e. The second kappa shape index (κ2) is 4.65. The third-order valence-electron chi connectivity index (χ3n) is 3.72. The van der Waals surface area contributed by atoms with E-state index in [1.807, 2.05) is 6.07 Å². The zero-order chi connectivity index (χ0) is 12.5. The predicted octanol–water partition coefficient (Wildman–Crippen LogP) is 2.72. The Kier molecular flexibility index (Phi) is 3.38. The first-order valence-electron chi connectivity index (χ1n) is 6.23. The summed E-state index contributed by atoms with van der Waals surface area (Å²) in [5.41, 5.74) is 1.05. The van der Waals surface area contributed by atoms with Crippen LogP contribution in [0.5, 0.6) is 0 Å². The monoisotopic (exact) mass is 235 g/mol. The van der Waals surface area contributed by atoms with Crippen molar-refractivity contribution in [2.45, 2.75) is 33.2 Å². The van der Waals surface area contributed by atoms with Gasteiger partial charge in [-0.2, -0.15) is 0 Å². The van der Waals surface area contributed by atoms with E-state index < -0.39 is 0 Å². The number of ketones is 1. The molecule has 0 amide bonds. The fourth-order valence-corrected chi connectivity index (χ4v) is 2.65. The van der Waals surface area contributed by atoms with Gasteiger partial charge in [-0.3, -0.25) is 4.79 Å². The Morgan fingerprint density at radius 3 is 2.82 bits per heavy atom. The van der Waals surface area contributed by atoms with E-state index in [4.69, 9.17) is 4.42 Å². The van der Waals surface area contributed by atoms with E-state index in [1.54, 1.807) is 12.5 Å². The van der Waals surface area contributed by atoms with Crippen LogP contribution >= 0.6 is 0 Å². The molecular formula is C14H21NO2. The van der Waals surface area contributed by atoms with Crippen molar-refractivity contribution in [3.8, 4) is 0 Å². The first kappa shape index (κ1) is 12.4. The molecule has 0 aromatic carbocycles. The molecular weight excluding hydrogens is 214 g/mol. The summed E-state index contributed by atoms with van der Waals surface area (Å²) in [4.78, 5) is 14.3. The number of carbonyl (C=O) groups excluding carboxylic acids is 1. The van der Waals surface area contributed by atoms with E-state index >= 15 is 0 Å². The second-order valence-corrected chi connectivity index (χ2v) is 5.81. The zero-order valence-electron chi connectivity index (χ0n) is 10.9. The van der Waals surface area contributed by atoms with Crippen LogP contribution in [0, 0.1) is 11.3 Å². The topological polar surface area (TPSA) is 33.5 Å². The minimum atomic E-state index is -0.110. The highest BCUT2D eigenvalue weighted by Crippen LogP contribution is 2.37. The Bertz CT molecular complexity index is 381. The third kappa shape index (κ3) is 2.78. The van der Waals surface area contributed by atoms with Crippen LogP contribution in [0.1, 0.15) is 32.3 Å². The van der Waals surface area contributed by atoms with Crippen molar-refractivity contribution in [2.75, 3.05) is 13.6 Å². The van der Waals surface area contributed by atoms with Gasteiger partial charge in [-0.25, -0.2) is 0 Å². The molecule has 0 spiro atoms. The van der Waals surface area contributed by atoms with Gasteiger partial charge in [-0.15, -0.1) is 0 Å². The minimum absolute atomic E-state index is 0.110. The summed E-state index contributed by atoms with van der Waals surface area (Å²) < 4.78 is 5.05. The number of rotatable bonds is 4. The summed E-state index contributed by atoms with van der Waals surface area (Å²) in [6.07, 6.45) is 5.50. The fraction of sp³-hybridized carbons (Fsp3) is 0.643. The number of hydrogen-bond acceptors (Lipinski definition) is 3. The van der Waals surface area contributed by atoms with Crippen LogP contribution in [0.2, 0.25) is 0 Å². The Morgan fingerprint density at radius 2 is 2.29 bits per heavy atom. The van der Waals surface area contributed by atoms with E-state index in [0.29, 0.717) is 5.78 Å². The molecule has 1 aromatic heterocycles. The Hall–Kier alpha value is -1.09. The van der Waals surface area contributed by atoms with Gasteiger partial charge in [0, 0.05) is 30.0 Å². The minimum Gasteiger partial charge on any atom is -0.472 e. The molecule has 3 nitrogen and oxygen atoms in total. The molecule has 0 radical (unpaired) electrons. The predicted molar refractivity (Wildman–Crippen MR) is 66.6 cm³/mol. The molecule has 1 aliphatic carbocycles. The number of furan rings is 1. The zero-order valence-corrected chi connectivity index (χ0v) is 10.9. The van der Waals surface area contributed by atoms with Gasteiger partial charge < -0.3 is 9.32 Å². The quantitative estimate of drug-likeness (QED) is 0.804. The average Bonchev–Trinajstić information content (AvgIpc) is 2.82. The molecule has 1 atom stereocenters. The van der Waals surface area contributed by atoms with Gasteiger partial charge in [0.05, 0.1) is 12.5 Å². The van der Waals surface area contributed by atoms with Gasteiger partial charge >= 0.3 is 0 Å². The average molecular weight is 235 g/mol. The van der Waals surface area contributed by atoms with Crippen molar-refractivity contribution in [3.63, 3.8) is 0 Å². The number of nitrogens with zero attached hydrogens (tertiary/aromatic N) is 1. The molecule has 1 aromatic rings. The van der Waals surface area contributed by atoms with E-state index in [2.05, 4.69) is 25.8 Å². The number of hydrogen-bond donors (Lipinski definition) is 0. The maximum atomic E-state index is 12.1. The Morgan fingerprint density at radius 1 is 1.53 bits per heavy atom. The molecule has 0 saturated heterocycles. The third-order valence-corrected chi connectivity index (χ3v) is 3.72. The van der Waals surface area contributed by atoms with Gasteiger partial charge in [0.25, 0.3) is 0 Å². The van der Waals surface area contributed by atoms with Crippen LogP contribution < -0.4 is 0 Å². The fourth-order valence-electron chi connectivity index (χ4n) is 2.65. The highest BCUT2D eigenvalue weighted by molar-refractivity contribution is 5.88. The molecule has 0 bridgehead atoms. The maximum Gasteiger partial charge on any atom is 0.142 e. The summed E-state index contributed by atoms with van der Waals surface area (Å²) >= 11 is 0. The van der Waals surface area contributed by atoms with E-state index in [-0.39, 0.29) is 11.3 Å². The first-order chi connectivity index (χ1) is 7.99. The van der Waals surface area contributed by atoms with Crippen molar-refractivity contribution in [1.82, 2.24) is 4.90 Å². The second-order valence-electron chi connectivity index (χ2n) is 5.81. The molecule has 2 rings (SSSR count). The van der Waals surface area contributed by atoms with Gasteiger partial charge in [-0.1, -0.05) is 13.8 Å². The summed E-state index contributed by atoms with van der Waals surface area (Å²) in [6.45, 7) is 5.82. The molecule has 1 fully saturated rings. The van der Waals surface area contributed by atoms with Crippen molar-refractivity contribution in [1.29, 1.82) is 0 Å². The first-order valence-corrected chi connectivity index (χ1v) is 6.23. The van der Waals surface area contributed by atoms with Crippen LogP contribution in [-0.2, 0) is 11.3 Å². The SMILES string of the molecule is CN(Cc1ccoc1)CC1CCC(C)(C)C1=O. The Labute approximate surface area is 103 Å². The molecule has 1 saturated carbocycles. The molecule has 1 aliphatic rings.